The van der Waals surface area contributed by atoms with Crippen LogP contribution >= 0.6 is 7.37 Å². The lowest BCUT2D eigenvalue weighted by Crippen LogP contribution is -2.29. The molecule has 2 aromatic rings. The Balaban J connectivity index is 2.04. The number of carbonyl (C=O) groups excluding carboxylic acids is 1. The Kier molecular flexibility index (Phi) is 5.53. The van der Waals surface area contributed by atoms with Gasteiger partial charge in [0, 0.05) is 6.66 Å². The average Bonchev–Trinajstić information content (AvgIpc) is 2.52. The maximum absolute atomic E-state index is 13.0. The van der Waals surface area contributed by atoms with E-state index >= 15 is 0 Å². The van der Waals surface area contributed by atoms with Gasteiger partial charge in [-0.1, -0.05) is 42.5 Å². The van der Waals surface area contributed by atoms with Gasteiger partial charge >= 0.3 is 6.09 Å². The van der Waals surface area contributed by atoms with Crippen molar-refractivity contribution in [3.63, 3.8) is 0 Å². The molecule has 122 valence electrons. The van der Waals surface area contributed by atoms with E-state index in [0.29, 0.717) is 5.56 Å². The van der Waals surface area contributed by atoms with Crippen LogP contribution in [-0.2, 0) is 15.9 Å². The normalized spacial score (nSPS) is 14.6. The van der Waals surface area contributed by atoms with Crippen molar-refractivity contribution in [3.8, 4) is 0 Å². The standard InChI is InChI=1S/C16H17FNO4P/c1-23(20,21)15(13-7-9-14(17)10-8-13)18-16(19)22-11-12-5-3-2-4-6-12/h2-10,15H,11H2,1H3,(H,18,19)(H,20,21). The minimum Gasteiger partial charge on any atom is -0.445 e. The lowest BCUT2D eigenvalue weighted by atomic mass is 10.2. The fourth-order valence-electron chi connectivity index (χ4n) is 2.00. The highest BCUT2D eigenvalue weighted by molar-refractivity contribution is 7.57. The quantitative estimate of drug-likeness (QED) is 0.817. The van der Waals surface area contributed by atoms with Crippen molar-refractivity contribution in [2.24, 2.45) is 0 Å². The van der Waals surface area contributed by atoms with Crippen LogP contribution in [0.25, 0.3) is 0 Å². The summed E-state index contributed by atoms with van der Waals surface area (Å²) in [4.78, 5) is 21.7. The van der Waals surface area contributed by atoms with Crippen molar-refractivity contribution in [1.82, 2.24) is 5.32 Å². The van der Waals surface area contributed by atoms with E-state index in [-0.39, 0.29) is 6.61 Å². The zero-order chi connectivity index (χ0) is 16.9. The first-order chi connectivity index (χ1) is 10.9. The number of hydrogen-bond donors (Lipinski definition) is 2. The molecule has 2 N–H and O–H groups in total. The molecular weight excluding hydrogens is 320 g/mol. The number of hydrogen-bond acceptors (Lipinski definition) is 3. The van der Waals surface area contributed by atoms with Crippen LogP contribution in [-0.4, -0.2) is 17.7 Å². The lowest BCUT2D eigenvalue weighted by Gasteiger charge is -2.21. The van der Waals surface area contributed by atoms with Crippen molar-refractivity contribution >= 4 is 13.5 Å². The fraction of sp³-hybridized carbons (Fsp3) is 0.188. The minimum atomic E-state index is -3.70. The van der Waals surface area contributed by atoms with Gasteiger partial charge in [-0.05, 0) is 23.3 Å². The van der Waals surface area contributed by atoms with E-state index in [2.05, 4.69) is 5.32 Å². The number of alkyl carbamates (subject to hydrolysis) is 1. The van der Waals surface area contributed by atoms with Gasteiger partial charge in [0.25, 0.3) is 0 Å². The second-order valence-corrected chi connectivity index (χ2v) is 7.51. The van der Waals surface area contributed by atoms with Crippen molar-refractivity contribution < 1.29 is 23.4 Å². The predicted molar refractivity (Wildman–Crippen MR) is 84.7 cm³/mol. The SMILES string of the molecule is CP(=O)(O)C(NC(=O)OCc1ccccc1)c1ccc(F)cc1. The third-order valence-electron chi connectivity index (χ3n) is 3.13. The Labute approximate surface area is 133 Å². The molecule has 7 heteroatoms. The molecule has 0 spiro atoms. The van der Waals surface area contributed by atoms with Crippen LogP contribution in [0, 0.1) is 5.82 Å². The Hall–Kier alpha value is -2.17. The average molecular weight is 337 g/mol. The second kappa shape index (κ2) is 7.40. The van der Waals surface area contributed by atoms with Gasteiger partial charge in [0.15, 0.2) is 0 Å². The van der Waals surface area contributed by atoms with Crippen molar-refractivity contribution in [2.45, 2.75) is 12.4 Å². The number of rotatable bonds is 5. The summed E-state index contributed by atoms with van der Waals surface area (Å²) in [6.07, 6.45) is -0.820. The summed E-state index contributed by atoms with van der Waals surface area (Å²) in [5.41, 5.74) is 1.13. The molecule has 2 atom stereocenters. The summed E-state index contributed by atoms with van der Waals surface area (Å²) in [6, 6.07) is 14.1. The van der Waals surface area contributed by atoms with Crippen LogP contribution in [0.1, 0.15) is 16.9 Å². The van der Waals surface area contributed by atoms with Gasteiger partial charge in [-0.25, -0.2) is 9.18 Å². The molecule has 0 aliphatic rings. The van der Waals surface area contributed by atoms with E-state index in [9.17, 15) is 18.6 Å². The van der Waals surface area contributed by atoms with Crippen molar-refractivity contribution in [2.75, 3.05) is 6.66 Å². The second-order valence-electron chi connectivity index (χ2n) is 5.10. The molecule has 0 fully saturated rings. The van der Waals surface area contributed by atoms with Gasteiger partial charge in [-0.3, -0.25) is 4.57 Å². The summed E-state index contributed by atoms with van der Waals surface area (Å²) < 4.78 is 30.0. The molecule has 2 aromatic carbocycles. The molecule has 5 nitrogen and oxygen atoms in total. The minimum absolute atomic E-state index is 0.0439. The van der Waals surface area contributed by atoms with Crippen LogP contribution < -0.4 is 5.32 Å². The molecule has 0 radical (unpaired) electrons. The molecule has 2 rings (SSSR count). The van der Waals surface area contributed by atoms with E-state index < -0.39 is 25.1 Å². The molecule has 0 aromatic heterocycles. The summed E-state index contributed by atoms with van der Waals surface area (Å²) >= 11 is 0. The van der Waals surface area contributed by atoms with Crippen molar-refractivity contribution in [3.05, 3.63) is 71.5 Å². The number of benzene rings is 2. The van der Waals surface area contributed by atoms with Gasteiger partial charge in [-0.15, -0.1) is 0 Å². The fourth-order valence-corrected chi connectivity index (χ4v) is 3.07. The molecule has 2 unspecified atom stereocenters. The lowest BCUT2D eigenvalue weighted by molar-refractivity contribution is 0.138. The maximum Gasteiger partial charge on any atom is 0.408 e. The molecule has 0 heterocycles. The summed E-state index contributed by atoms with van der Waals surface area (Å²) in [5, 5.41) is 2.37. The monoisotopic (exact) mass is 337 g/mol. The Morgan fingerprint density at radius 2 is 1.83 bits per heavy atom. The molecule has 0 saturated carbocycles. The summed E-state index contributed by atoms with van der Waals surface area (Å²) in [6.45, 7) is 1.17. The van der Waals surface area contributed by atoms with Crippen LogP contribution in [0.3, 0.4) is 0 Å². The highest BCUT2D eigenvalue weighted by atomic mass is 31.2. The number of ether oxygens (including phenoxy) is 1. The Morgan fingerprint density at radius 1 is 1.22 bits per heavy atom. The molecule has 0 aliphatic carbocycles. The molecule has 0 bridgehead atoms. The van der Waals surface area contributed by atoms with E-state index in [0.717, 1.165) is 24.4 Å². The molecular formula is C16H17FNO4P. The first kappa shape index (κ1) is 17.2. The number of halogens is 1. The van der Waals surface area contributed by atoms with Gasteiger partial charge < -0.3 is 14.9 Å². The smallest absolute Gasteiger partial charge is 0.408 e. The van der Waals surface area contributed by atoms with E-state index in [4.69, 9.17) is 4.74 Å². The first-order valence-electron chi connectivity index (χ1n) is 6.89. The van der Waals surface area contributed by atoms with Gasteiger partial charge in [-0.2, -0.15) is 0 Å². The van der Waals surface area contributed by atoms with Crippen LogP contribution in [0.5, 0.6) is 0 Å². The van der Waals surface area contributed by atoms with Crippen LogP contribution in [0.2, 0.25) is 0 Å². The van der Waals surface area contributed by atoms with Crippen LogP contribution in [0.4, 0.5) is 9.18 Å². The van der Waals surface area contributed by atoms with Gasteiger partial charge in [0.1, 0.15) is 18.2 Å². The highest BCUT2D eigenvalue weighted by Crippen LogP contribution is 2.50. The number of nitrogens with one attached hydrogen (secondary N) is 1. The summed E-state index contributed by atoms with van der Waals surface area (Å²) in [5.74, 6) is -1.63. The third kappa shape index (κ3) is 5.20. The molecule has 0 saturated heterocycles. The zero-order valence-corrected chi connectivity index (χ0v) is 13.4. The third-order valence-corrected chi connectivity index (χ3v) is 4.52. The number of carbonyl (C=O) groups is 1. The van der Waals surface area contributed by atoms with E-state index in [1.54, 1.807) is 12.1 Å². The Bertz CT molecular complexity index is 700. The maximum atomic E-state index is 13.0. The Morgan fingerprint density at radius 3 is 2.39 bits per heavy atom. The van der Waals surface area contributed by atoms with E-state index in [1.807, 2.05) is 18.2 Å². The first-order valence-corrected chi connectivity index (χ1v) is 9.06. The van der Waals surface area contributed by atoms with Crippen LogP contribution in [0.15, 0.2) is 54.6 Å². The van der Waals surface area contributed by atoms with Crippen molar-refractivity contribution in [1.29, 1.82) is 0 Å². The van der Waals surface area contributed by atoms with Gasteiger partial charge in [0.05, 0.1) is 0 Å². The number of amides is 1. The zero-order valence-electron chi connectivity index (χ0n) is 12.5. The van der Waals surface area contributed by atoms with Gasteiger partial charge in [0.2, 0.25) is 7.37 Å². The molecule has 23 heavy (non-hydrogen) atoms. The molecule has 0 aliphatic heterocycles. The topological polar surface area (TPSA) is 75.6 Å². The highest BCUT2D eigenvalue weighted by Gasteiger charge is 2.29. The largest absolute Gasteiger partial charge is 0.445 e. The predicted octanol–water partition coefficient (Wildman–Crippen LogP) is 3.65. The van der Waals surface area contributed by atoms with E-state index in [1.165, 1.54) is 12.1 Å². The summed E-state index contributed by atoms with van der Waals surface area (Å²) in [7, 11) is -3.70. The molecule has 1 amide bonds.